The van der Waals surface area contributed by atoms with Crippen molar-refractivity contribution in [3.8, 4) is 0 Å². The molecule has 6 nitrogen and oxygen atoms in total. The van der Waals surface area contributed by atoms with E-state index in [1.54, 1.807) is 12.3 Å². The standard InChI is InChI=1S/C16H26N2O4S/c1-15(2,3)23(19)17-10-7-5-4-6-9-16(20-12-13-21-16)14-8-11-22-18-14/h8,10-11H,4-7,9,12-13H2,1-3H3/t23-/m1/s1. The molecule has 0 radical (unpaired) electrons. The summed E-state index contributed by atoms with van der Waals surface area (Å²) in [6, 6.07) is 1.79. The average molecular weight is 342 g/mol. The fraction of sp³-hybridized carbons (Fsp3) is 0.750. The topological polar surface area (TPSA) is 73.9 Å². The summed E-state index contributed by atoms with van der Waals surface area (Å²) in [6.45, 7) is 6.93. The average Bonchev–Trinajstić information content (AvgIpc) is 3.17. The minimum Gasteiger partial charge on any atom is -0.364 e. The maximum absolute atomic E-state index is 11.8. The molecule has 130 valence electrons. The molecule has 0 amide bonds. The first-order valence-corrected chi connectivity index (χ1v) is 9.18. The molecule has 0 spiro atoms. The summed E-state index contributed by atoms with van der Waals surface area (Å²) in [7, 11) is -1.16. The first-order valence-electron chi connectivity index (χ1n) is 8.07. The van der Waals surface area contributed by atoms with Crippen LogP contribution in [0.1, 0.15) is 58.6 Å². The Morgan fingerprint density at radius 2 is 2.04 bits per heavy atom. The number of rotatable bonds is 8. The van der Waals surface area contributed by atoms with E-state index < -0.39 is 16.8 Å². The molecule has 0 unspecified atom stereocenters. The minimum absolute atomic E-state index is 0.294. The zero-order valence-corrected chi connectivity index (χ0v) is 14.9. The Hall–Kier alpha value is -1.05. The Morgan fingerprint density at radius 1 is 1.30 bits per heavy atom. The second kappa shape index (κ2) is 8.17. The van der Waals surface area contributed by atoms with Gasteiger partial charge in [-0.2, -0.15) is 4.40 Å². The third-order valence-corrected chi connectivity index (χ3v) is 5.00. The second-order valence-corrected chi connectivity index (χ2v) is 8.52. The number of aromatic nitrogens is 1. The van der Waals surface area contributed by atoms with Gasteiger partial charge in [0.05, 0.1) is 18.0 Å². The molecule has 7 heteroatoms. The van der Waals surface area contributed by atoms with Gasteiger partial charge in [0.25, 0.3) is 0 Å². The van der Waals surface area contributed by atoms with Crippen molar-refractivity contribution >= 4 is 17.2 Å². The molecule has 1 aliphatic heterocycles. The molecule has 1 fully saturated rings. The number of nitrogens with zero attached hydrogens (tertiary/aromatic N) is 2. The molecule has 0 bridgehead atoms. The van der Waals surface area contributed by atoms with Gasteiger partial charge >= 0.3 is 0 Å². The van der Waals surface area contributed by atoms with Crippen molar-refractivity contribution in [2.45, 2.75) is 63.4 Å². The van der Waals surface area contributed by atoms with E-state index in [9.17, 15) is 4.21 Å². The summed E-state index contributed by atoms with van der Waals surface area (Å²) in [4.78, 5) is 0. The summed E-state index contributed by atoms with van der Waals surface area (Å²) in [6.07, 6.45) is 7.89. The molecule has 1 atom stereocenters. The smallest absolute Gasteiger partial charge is 0.215 e. The molecule has 1 saturated heterocycles. The van der Waals surface area contributed by atoms with E-state index >= 15 is 0 Å². The van der Waals surface area contributed by atoms with Crippen molar-refractivity contribution in [3.63, 3.8) is 0 Å². The van der Waals surface area contributed by atoms with Crippen LogP contribution < -0.4 is 0 Å². The summed E-state index contributed by atoms with van der Waals surface area (Å²) in [5, 5.41) is 3.96. The lowest BCUT2D eigenvalue weighted by molar-refractivity contribution is -0.175. The highest BCUT2D eigenvalue weighted by Crippen LogP contribution is 2.35. The molecule has 23 heavy (non-hydrogen) atoms. The summed E-state index contributed by atoms with van der Waals surface area (Å²) >= 11 is 0. The highest BCUT2D eigenvalue weighted by molar-refractivity contribution is 7.85. The Bertz CT molecular complexity index is 517. The second-order valence-electron chi connectivity index (χ2n) is 6.58. The fourth-order valence-electron chi connectivity index (χ4n) is 2.33. The van der Waals surface area contributed by atoms with Crippen LogP contribution in [0.15, 0.2) is 21.3 Å². The van der Waals surface area contributed by atoms with Gasteiger partial charge < -0.3 is 14.0 Å². The van der Waals surface area contributed by atoms with Crippen molar-refractivity contribution in [2.75, 3.05) is 13.2 Å². The molecular weight excluding hydrogens is 316 g/mol. The zero-order chi connectivity index (χ0) is 16.8. The van der Waals surface area contributed by atoms with E-state index in [0.717, 1.165) is 32.1 Å². The quantitative estimate of drug-likeness (QED) is 0.535. The van der Waals surface area contributed by atoms with Crippen LogP contribution in [-0.4, -0.2) is 33.5 Å². The Kier molecular flexibility index (Phi) is 6.50. The van der Waals surface area contributed by atoms with Gasteiger partial charge in [-0.3, -0.25) is 0 Å². The monoisotopic (exact) mass is 342 g/mol. The van der Waals surface area contributed by atoms with Crippen LogP contribution in [0.5, 0.6) is 0 Å². The first-order chi connectivity index (χ1) is 10.9. The van der Waals surface area contributed by atoms with Gasteiger partial charge in [-0.15, -0.1) is 0 Å². The lowest BCUT2D eigenvalue weighted by Crippen LogP contribution is -2.27. The van der Waals surface area contributed by atoms with E-state index in [1.165, 1.54) is 6.26 Å². The zero-order valence-electron chi connectivity index (χ0n) is 14.1. The predicted molar refractivity (Wildman–Crippen MR) is 89.6 cm³/mol. The van der Waals surface area contributed by atoms with Crippen LogP contribution in [0, 0.1) is 0 Å². The van der Waals surface area contributed by atoms with Gasteiger partial charge in [0.15, 0.2) is 0 Å². The highest BCUT2D eigenvalue weighted by Gasteiger charge is 2.40. The lowest BCUT2D eigenvalue weighted by Gasteiger charge is -2.24. The lowest BCUT2D eigenvalue weighted by atomic mass is 10.0. The number of ether oxygens (including phenoxy) is 2. The molecule has 0 N–H and O–H groups in total. The van der Waals surface area contributed by atoms with Crippen molar-refractivity contribution in [2.24, 2.45) is 4.40 Å². The Balaban J connectivity index is 1.69. The van der Waals surface area contributed by atoms with E-state index in [2.05, 4.69) is 9.55 Å². The van der Waals surface area contributed by atoms with Gasteiger partial charge in [-0.25, -0.2) is 4.21 Å². The Morgan fingerprint density at radius 3 is 2.65 bits per heavy atom. The van der Waals surface area contributed by atoms with E-state index in [0.29, 0.717) is 18.9 Å². The maximum Gasteiger partial charge on any atom is 0.215 e. The van der Waals surface area contributed by atoms with Crippen LogP contribution in [0.25, 0.3) is 0 Å². The molecule has 1 aromatic rings. The first kappa shape index (κ1) is 18.3. The molecule has 2 rings (SSSR count). The molecule has 0 aromatic carbocycles. The summed E-state index contributed by atoms with van der Waals surface area (Å²) in [5.41, 5.74) is 0.706. The molecule has 1 aliphatic rings. The number of hydrogen-bond acceptors (Lipinski definition) is 5. The molecule has 0 saturated carbocycles. The predicted octanol–water partition coefficient (Wildman–Crippen LogP) is 3.36. The normalized spacial score (nSPS) is 19.4. The van der Waals surface area contributed by atoms with Crippen LogP contribution in [0.3, 0.4) is 0 Å². The molecule has 1 aromatic heterocycles. The number of hydrogen-bond donors (Lipinski definition) is 0. The van der Waals surface area contributed by atoms with E-state index in [4.69, 9.17) is 14.0 Å². The van der Waals surface area contributed by atoms with E-state index in [-0.39, 0.29) is 4.75 Å². The molecule has 2 heterocycles. The third kappa shape index (κ3) is 5.22. The SMILES string of the molecule is CC(C)(C)[S@@](=O)N=CCCCCCC1(c2ccon2)OCCO1. The van der Waals surface area contributed by atoms with Gasteiger partial charge in [-0.1, -0.05) is 11.6 Å². The fourth-order valence-corrected chi connectivity index (χ4v) is 2.89. The van der Waals surface area contributed by atoms with Crippen molar-refractivity contribution in [1.82, 2.24) is 5.16 Å². The van der Waals surface area contributed by atoms with Crippen molar-refractivity contribution in [3.05, 3.63) is 18.0 Å². The van der Waals surface area contributed by atoms with Crippen LogP contribution in [0.2, 0.25) is 0 Å². The van der Waals surface area contributed by atoms with Gasteiger partial charge in [-0.05, 0) is 40.0 Å². The molecule has 0 aliphatic carbocycles. The van der Waals surface area contributed by atoms with E-state index in [1.807, 2.05) is 20.8 Å². The number of unbranched alkanes of at least 4 members (excludes halogenated alkanes) is 3. The highest BCUT2D eigenvalue weighted by atomic mass is 32.2. The van der Waals surface area contributed by atoms with Gasteiger partial charge in [0.2, 0.25) is 5.79 Å². The third-order valence-electron chi connectivity index (χ3n) is 3.62. The maximum atomic E-state index is 11.8. The van der Waals surface area contributed by atoms with Crippen molar-refractivity contribution < 1.29 is 18.2 Å². The minimum atomic E-state index is -1.16. The summed E-state index contributed by atoms with van der Waals surface area (Å²) < 4.78 is 32.0. The van der Waals surface area contributed by atoms with Crippen LogP contribution in [-0.2, 0) is 26.2 Å². The van der Waals surface area contributed by atoms with Crippen molar-refractivity contribution in [1.29, 1.82) is 0 Å². The van der Waals surface area contributed by atoms with Gasteiger partial charge in [0, 0.05) is 18.7 Å². The Labute approximate surface area is 140 Å². The largest absolute Gasteiger partial charge is 0.364 e. The molecular formula is C16H26N2O4S. The summed E-state index contributed by atoms with van der Waals surface area (Å²) in [5.74, 6) is -0.741. The van der Waals surface area contributed by atoms with Crippen LogP contribution in [0.4, 0.5) is 0 Å². The van der Waals surface area contributed by atoms with Crippen LogP contribution >= 0.6 is 0 Å². The van der Waals surface area contributed by atoms with Gasteiger partial charge in [0.1, 0.15) is 22.9 Å².